The molecular formula is C16H27NO. The Morgan fingerprint density at radius 1 is 1.17 bits per heavy atom. The minimum atomic E-state index is 0.317. The molecule has 3 rings (SSSR count). The Labute approximate surface area is 111 Å². The molecule has 3 aliphatic carbocycles. The fraction of sp³-hybridized carbons (Fsp3) is 0.938. The maximum atomic E-state index is 12.1. The van der Waals surface area contributed by atoms with E-state index in [0.29, 0.717) is 17.9 Å². The van der Waals surface area contributed by atoms with Gasteiger partial charge in [0.1, 0.15) is 0 Å². The van der Waals surface area contributed by atoms with Gasteiger partial charge < -0.3 is 5.32 Å². The summed E-state index contributed by atoms with van der Waals surface area (Å²) >= 11 is 0. The van der Waals surface area contributed by atoms with Crippen LogP contribution in [0.3, 0.4) is 0 Å². The van der Waals surface area contributed by atoms with Crippen LogP contribution >= 0.6 is 0 Å². The standard InChI is InChI=1S/C16H27NO/c1-11(15-9-13-6-7-14(15)8-13)17-16(18)10-12-4-2-3-5-12/h11-15H,2-10H2,1H3,(H,17,18)/t11-,13-,14-,15+/m0/s1. The van der Waals surface area contributed by atoms with Crippen molar-refractivity contribution in [3.8, 4) is 0 Å². The molecule has 2 heteroatoms. The molecule has 102 valence electrons. The molecule has 1 N–H and O–H groups in total. The molecule has 2 bridgehead atoms. The van der Waals surface area contributed by atoms with Crippen LogP contribution in [0.5, 0.6) is 0 Å². The van der Waals surface area contributed by atoms with E-state index in [-0.39, 0.29) is 0 Å². The molecule has 0 spiro atoms. The van der Waals surface area contributed by atoms with Gasteiger partial charge in [-0.15, -0.1) is 0 Å². The molecule has 0 heterocycles. The summed E-state index contributed by atoms with van der Waals surface area (Å²) in [6.45, 7) is 2.23. The van der Waals surface area contributed by atoms with Crippen LogP contribution in [0.2, 0.25) is 0 Å². The zero-order valence-electron chi connectivity index (χ0n) is 11.7. The average Bonchev–Trinajstić information content (AvgIpc) is 3.04. The SMILES string of the molecule is C[C@H](NC(=O)CC1CCCC1)[C@H]1C[C@H]2CC[C@H]1C2. The molecule has 0 aliphatic heterocycles. The van der Waals surface area contributed by atoms with E-state index in [0.717, 1.165) is 24.2 Å². The first kappa shape index (κ1) is 12.5. The molecular weight excluding hydrogens is 222 g/mol. The molecule has 0 aromatic carbocycles. The first-order valence-electron chi connectivity index (χ1n) is 8.01. The zero-order valence-corrected chi connectivity index (χ0v) is 11.7. The zero-order chi connectivity index (χ0) is 12.5. The number of carbonyl (C=O) groups excluding carboxylic acids is 1. The molecule has 0 radical (unpaired) electrons. The smallest absolute Gasteiger partial charge is 0.220 e. The summed E-state index contributed by atoms with van der Waals surface area (Å²) in [4.78, 5) is 12.1. The van der Waals surface area contributed by atoms with Crippen LogP contribution in [0.1, 0.15) is 64.7 Å². The number of carbonyl (C=O) groups is 1. The van der Waals surface area contributed by atoms with Crippen molar-refractivity contribution in [1.29, 1.82) is 0 Å². The van der Waals surface area contributed by atoms with Gasteiger partial charge in [-0.3, -0.25) is 4.79 Å². The second kappa shape index (κ2) is 5.22. The number of amides is 1. The summed E-state index contributed by atoms with van der Waals surface area (Å²) in [6.07, 6.45) is 11.7. The van der Waals surface area contributed by atoms with Gasteiger partial charge in [-0.1, -0.05) is 19.3 Å². The maximum Gasteiger partial charge on any atom is 0.220 e. The molecule has 18 heavy (non-hydrogen) atoms. The van der Waals surface area contributed by atoms with Crippen molar-refractivity contribution in [2.45, 2.75) is 70.8 Å². The molecule has 3 saturated carbocycles. The van der Waals surface area contributed by atoms with Crippen molar-refractivity contribution in [2.24, 2.45) is 23.7 Å². The van der Waals surface area contributed by atoms with Crippen LogP contribution in [0.4, 0.5) is 0 Å². The highest BCUT2D eigenvalue weighted by molar-refractivity contribution is 5.76. The number of hydrogen-bond acceptors (Lipinski definition) is 1. The second-order valence-corrected chi connectivity index (χ2v) is 7.05. The topological polar surface area (TPSA) is 29.1 Å². The number of rotatable bonds is 4. The van der Waals surface area contributed by atoms with Crippen molar-refractivity contribution in [3.05, 3.63) is 0 Å². The third-order valence-electron chi connectivity index (χ3n) is 5.77. The van der Waals surface area contributed by atoms with Crippen molar-refractivity contribution in [1.82, 2.24) is 5.32 Å². The van der Waals surface area contributed by atoms with Crippen molar-refractivity contribution >= 4 is 5.91 Å². The van der Waals surface area contributed by atoms with Gasteiger partial charge in [0.15, 0.2) is 0 Å². The van der Waals surface area contributed by atoms with Gasteiger partial charge in [0, 0.05) is 12.5 Å². The number of fused-ring (bicyclic) bond motifs is 2. The minimum Gasteiger partial charge on any atom is -0.353 e. The van der Waals surface area contributed by atoms with Gasteiger partial charge in [-0.2, -0.15) is 0 Å². The van der Waals surface area contributed by atoms with Crippen molar-refractivity contribution in [2.75, 3.05) is 0 Å². The fourth-order valence-corrected chi connectivity index (χ4v) is 4.80. The lowest BCUT2D eigenvalue weighted by Gasteiger charge is -2.28. The Morgan fingerprint density at radius 3 is 2.56 bits per heavy atom. The highest BCUT2D eigenvalue weighted by Gasteiger charge is 2.42. The fourth-order valence-electron chi connectivity index (χ4n) is 4.80. The van der Waals surface area contributed by atoms with Crippen molar-refractivity contribution < 1.29 is 4.79 Å². The van der Waals surface area contributed by atoms with Crippen LogP contribution in [0.15, 0.2) is 0 Å². The van der Waals surface area contributed by atoms with E-state index >= 15 is 0 Å². The van der Waals surface area contributed by atoms with E-state index in [9.17, 15) is 4.79 Å². The van der Waals surface area contributed by atoms with Gasteiger partial charge in [-0.25, -0.2) is 0 Å². The Morgan fingerprint density at radius 2 is 1.94 bits per heavy atom. The van der Waals surface area contributed by atoms with Crippen LogP contribution in [0.25, 0.3) is 0 Å². The summed E-state index contributed by atoms with van der Waals surface area (Å²) in [5.41, 5.74) is 0. The van der Waals surface area contributed by atoms with E-state index in [1.807, 2.05) is 0 Å². The van der Waals surface area contributed by atoms with E-state index in [2.05, 4.69) is 12.2 Å². The lowest BCUT2D eigenvalue weighted by atomic mass is 9.84. The Kier molecular flexibility index (Phi) is 3.63. The summed E-state index contributed by atoms with van der Waals surface area (Å²) in [5.74, 6) is 3.66. The van der Waals surface area contributed by atoms with Gasteiger partial charge in [0.2, 0.25) is 5.91 Å². The van der Waals surface area contributed by atoms with E-state index in [4.69, 9.17) is 0 Å². The first-order chi connectivity index (χ1) is 8.72. The average molecular weight is 249 g/mol. The molecule has 2 nitrogen and oxygen atoms in total. The monoisotopic (exact) mass is 249 g/mol. The van der Waals surface area contributed by atoms with Gasteiger partial charge in [0.25, 0.3) is 0 Å². The largest absolute Gasteiger partial charge is 0.353 e. The summed E-state index contributed by atoms with van der Waals surface area (Å²) in [7, 11) is 0. The predicted molar refractivity (Wildman–Crippen MR) is 73.1 cm³/mol. The summed E-state index contributed by atoms with van der Waals surface area (Å²) in [5, 5.41) is 3.29. The summed E-state index contributed by atoms with van der Waals surface area (Å²) < 4.78 is 0. The molecule has 0 saturated heterocycles. The molecule has 0 aromatic rings. The molecule has 4 atom stereocenters. The van der Waals surface area contributed by atoms with Crippen molar-refractivity contribution in [3.63, 3.8) is 0 Å². The molecule has 0 aromatic heterocycles. The Balaban J connectivity index is 1.45. The third kappa shape index (κ3) is 2.57. The van der Waals surface area contributed by atoms with Gasteiger partial charge in [-0.05, 0) is 62.7 Å². The van der Waals surface area contributed by atoms with Gasteiger partial charge in [0.05, 0.1) is 0 Å². The normalized spacial score (nSPS) is 37.1. The van der Waals surface area contributed by atoms with Crippen LogP contribution in [0, 0.1) is 23.7 Å². The van der Waals surface area contributed by atoms with E-state index in [1.165, 1.54) is 51.4 Å². The lowest BCUT2D eigenvalue weighted by Crippen LogP contribution is -2.40. The second-order valence-electron chi connectivity index (χ2n) is 7.05. The highest BCUT2D eigenvalue weighted by Crippen LogP contribution is 2.49. The molecule has 1 amide bonds. The van der Waals surface area contributed by atoms with Crippen LogP contribution in [-0.2, 0) is 4.79 Å². The molecule has 0 unspecified atom stereocenters. The molecule has 3 fully saturated rings. The maximum absolute atomic E-state index is 12.1. The van der Waals surface area contributed by atoms with E-state index in [1.54, 1.807) is 0 Å². The van der Waals surface area contributed by atoms with Gasteiger partial charge >= 0.3 is 0 Å². The minimum absolute atomic E-state index is 0.317. The number of nitrogens with one attached hydrogen (secondary N) is 1. The number of hydrogen-bond donors (Lipinski definition) is 1. The van der Waals surface area contributed by atoms with E-state index < -0.39 is 0 Å². The van der Waals surface area contributed by atoms with Crippen LogP contribution < -0.4 is 5.32 Å². The quantitative estimate of drug-likeness (QED) is 0.811. The Bertz CT molecular complexity index is 308. The third-order valence-corrected chi connectivity index (χ3v) is 5.77. The lowest BCUT2D eigenvalue weighted by molar-refractivity contribution is -0.123. The van der Waals surface area contributed by atoms with Crippen LogP contribution in [-0.4, -0.2) is 11.9 Å². The Hall–Kier alpha value is -0.530. The molecule has 3 aliphatic rings. The highest BCUT2D eigenvalue weighted by atomic mass is 16.1. The first-order valence-corrected chi connectivity index (χ1v) is 8.01. The predicted octanol–water partition coefficient (Wildman–Crippen LogP) is 3.51. The summed E-state index contributed by atoms with van der Waals surface area (Å²) in [6, 6.07) is 0.411.